The van der Waals surface area contributed by atoms with Crippen LogP contribution in [0.1, 0.15) is 119 Å². The molecule has 5 unspecified atom stereocenters. The van der Waals surface area contributed by atoms with Crippen molar-refractivity contribution >= 4 is 25.3 Å². The predicted molar refractivity (Wildman–Crippen MR) is 204 cm³/mol. The van der Waals surface area contributed by atoms with E-state index < -0.39 is 13.7 Å². The number of hydrogen-bond donors (Lipinski definition) is 4. The fourth-order valence-electron chi connectivity index (χ4n) is 8.67. The number of rotatable bonds is 20. The maximum Gasteiger partial charge on any atom is 0.530 e. The molecule has 0 aliphatic heterocycles. The van der Waals surface area contributed by atoms with Gasteiger partial charge in [-0.3, -0.25) is 18.6 Å². The third-order valence-corrected chi connectivity index (χ3v) is 13.0. The Bertz CT molecular complexity index is 1590. The standard InChI is InChI=1S/C40H60N3O9P/c1-5-7-23-50-53(47,51-24-8-6-2)52-28-11-13-29-27(26-28)10-12-31-30(29)18-20-40(3)32(31)14-17-35(40)49-25-19-36(44)42-21-9-22-43-39(46)37-34(48-4)16-15-33(41)38(37)45/h11,13,15-16,26,30-32,35,45H,5-10,12,14,17-25,41H2,1-4H3,(H,42,44)(H,43,46). The number of nitrogens with two attached hydrogens (primary N) is 1. The molecular formula is C40H60N3O9P. The number of aryl methyl sites for hydroxylation is 1. The molecule has 0 saturated heterocycles. The molecule has 13 heteroatoms. The minimum atomic E-state index is -3.71. The lowest BCUT2D eigenvalue weighted by molar-refractivity contribution is -0.124. The van der Waals surface area contributed by atoms with Gasteiger partial charge in [-0.2, -0.15) is 0 Å². The third kappa shape index (κ3) is 9.87. The number of unbranched alkanes of at least 4 members (excludes halogenated alkanes) is 2. The van der Waals surface area contributed by atoms with Crippen LogP contribution in [-0.4, -0.2) is 63.0 Å². The van der Waals surface area contributed by atoms with Gasteiger partial charge in [0.2, 0.25) is 5.91 Å². The normalized spacial score (nSPS) is 23.4. The van der Waals surface area contributed by atoms with Crippen molar-refractivity contribution in [2.45, 2.75) is 110 Å². The highest BCUT2D eigenvalue weighted by atomic mass is 31.2. The van der Waals surface area contributed by atoms with Crippen molar-refractivity contribution in [3.63, 3.8) is 0 Å². The molecule has 294 valence electrons. The van der Waals surface area contributed by atoms with E-state index in [4.69, 9.17) is 28.8 Å². The van der Waals surface area contributed by atoms with Gasteiger partial charge in [0.1, 0.15) is 17.1 Å². The van der Waals surface area contributed by atoms with Crippen molar-refractivity contribution in [2.24, 2.45) is 17.3 Å². The smallest absolute Gasteiger partial charge is 0.505 e. The molecule has 5 N–H and O–H groups in total. The molecule has 2 aromatic rings. The van der Waals surface area contributed by atoms with Crippen LogP contribution in [0.15, 0.2) is 30.3 Å². The van der Waals surface area contributed by atoms with Crippen molar-refractivity contribution in [1.82, 2.24) is 10.6 Å². The number of benzene rings is 2. The van der Waals surface area contributed by atoms with Crippen LogP contribution in [0.25, 0.3) is 0 Å². The van der Waals surface area contributed by atoms with Crippen LogP contribution < -0.4 is 25.6 Å². The van der Waals surface area contributed by atoms with Crippen molar-refractivity contribution in [3.8, 4) is 17.2 Å². The van der Waals surface area contributed by atoms with Gasteiger partial charge in [-0.05, 0) is 116 Å². The first kappa shape index (κ1) is 40.9. The number of fused-ring (bicyclic) bond motifs is 5. The van der Waals surface area contributed by atoms with E-state index >= 15 is 0 Å². The van der Waals surface area contributed by atoms with Crippen molar-refractivity contribution in [2.75, 3.05) is 45.8 Å². The van der Waals surface area contributed by atoms with Gasteiger partial charge in [-0.25, -0.2) is 4.57 Å². The molecule has 0 spiro atoms. The number of nitrogens with one attached hydrogen (secondary N) is 2. The van der Waals surface area contributed by atoms with Gasteiger partial charge in [0.15, 0.2) is 5.75 Å². The molecule has 0 aromatic heterocycles. The molecule has 12 nitrogen and oxygen atoms in total. The number of nitrogen functional groups attached to an aromatic ring is 1. The lowest BCUT2D eigenvalue weighted by Gasteiger charge is -2.50. The number of phenols is 1. The Morgan fingerprint density at radius 3 is 2.42 bits per heavy atom. The molecule has 0 radical (unpaired) electrons. The largest absolute Gasteiger partial charge is 0.530 e. The molecule has 3 aliphatic carbocycles. The summed E-state index contributed by atoms with van der Waals surface area (Å²) in [5.74, 6) is 1.50. The summed E-state index contributed by atoms with van der Waals surface area (Å²) < 4.78 is 42.4. The number of phosphoric ester groups is 1. The van der Waals surface area contributed by atoms with Crippen molar-refractivity contribution < 1.29 is 42.3 Å². The molecule has 5 rings (SSSR count). The van der Waals surface area contributed by atoms with E-state index in [-0.39, 0.29) is 46.6 Å². The number of phenolic OH excluding ortho intramolecular Hbond substituents is 1. The Hall–Kier alpha value is -3.31. The topological polar surface area (TPSA) is 168 Å². The number of hydrogen-bond acceptors (Lipinski definition) is 10. The Morgan fingerprint density at radius 2 is 1.70 bits per heavy atom. The molecule has 53 heavy (non-hydrogen) atoms. The summed E-state index contributed by atoms with van der Waals surface area (Å²) in [5, 5.41) is 15.9. The lowest BCUT2D eigenvalue weighted by Crippen LogP contribution is -2.45. The van der Waals surface area contributed by atoms with Crippen molar-refractivity contribution in [3.05, 3.63) is 47.0 Å². The zero-order chi connectivity index (χ0) is 38.0. The number of anilines is 1. The van der Waals surface area contributed by atoms with Crippen LogP contribution in [-0.2, 0) is 29.6 Å². The monoisotopic (exact) mass is 757 g/mol. The molecule has 2 amide bonds. The first-order chi connectivity index (χ1) is 25.5. The summed E-state index contributed by atoms with van der Waals surface area (Å²) in [6.45, 7) is 8.27. The minimum Gasteiger partial charge on any atom is -0.505 e. The average Bonchev–Trinajstić information content (AvgIpc) is 3.48. The van der Waals surface area contributed by atoms with Gasteiger partial charge in [0.05, 0.1) is 38.7 Å². The molecule has 0 heterocycles. The number of amides is 2. The minimum absolute atomic E-state index is 0.0102. The van der Waals surface area contributed by atoms with Crippen molar-refractivity contribution in [1.29, 1.82) is 0 Å². The second-order valence-electron chi connectivity index (χ2n) is 15.0. The first-order valence-corrected chi connectivity index (χ1v) is 21.0. The van der Waals surface area contributed by atoms with Crippen LogP contribution in [0.3, 0.4) is 0 Å². The Morgan fingerprint density at radius 1 is 0.962 bits per heavy atom. The highest BCUT2D eigenvalue weighted by molar-refractivity contribution is 7.48. The fraction of sp³-hybridized carbons (Fsp3) is 0.650. The number of carbonyl (C=O) groups is 2. The van der Waals surface area contributed by atoms with E-state index in [1.807, 2.05) is 12.1 Å². The van der Waals surface area contributed by atoms with Gasteiger partial charge in [-0.1, -0.05) is 39.7 Å². The third-order valence-electron chi connectivity index (χ3n) is 11.6. The lowest BCUT2D eigenvalue weighted by atomic mass is 9.55. The van der Waals surface area contributed by atoms with Gasteiger partial charge in [-0.15, -0.1) is 0 Å². The Labute approximate surface area is 314 Å². The Balaban J connectivity index is 1.06. The second-order valence-corrected chi connectivity index (χ2v) is 16.6. The Kier molecular flexibility index (Phi) is 14.5. The average molecular weight is 758 g/mol. The van der Waals surface area contributed by atoms with Gasteiger partial charge in [0.25, 0.3) is 5.91 Å². The van der Waals surface area contributed by atoms with E-state index in [2.05, 4.69) is 37.5 Å². The highest BCUT2D eigenvalue weighted by Crippen LogP contribution is 2.62. The molecule has 3 aliphatic rings. The summed E-state index contributed by atoms with van der Waals surface area (Å²) in [5.41, 5.74) is 8.54. The summed E-state index contributed by atoms with van der Waals surface area (Å²) in [4.78, 5) is 25.2. The fourth-order valence-corrected chi connectivity index (χ4v) is 9.93. The summed E-state index contributed by atoms with van der Waals surface area (Å²) in [7, 11) is -2.29. The van der Waals surface area contributed by atoms with Crippen LogP contribution in [0.5, 0.6) is 17.2 Å². The second kappa shape index (κ2) is 18.8. The summed E-state index contributed by atoms with van der Waals surface area (Å²) in [6.07, 6.45) is 10.7. The maximum absolute atomic E-state index is 13.5. The predicted octanol–water partition coefficient (Wildman–Crippen LogP) is 7.67. The molecule has 2 saturated carbocycles. The van der Waals surface area contributed by atoms with Crippen LogP contribution in [0, 0.1) is 17.3 Å². The molecular weight excluding hydrogens is 697 g/mol. The number of methoxy groups -OCH3 is 1. The SMILES string of the molecule is CCCCOP(=O)(OCCCC)Oc1ccc2c(c1)CCC1C2CCC2(C)C(OCCC(=O)NCCCNC(=O)c3c(OC)ccc(N)c3O)CCC12. The van der Waals surface area contributed by atoms with Gasteiger partial charge >= 0.3 is 7.82 Å². The molecule has 0 bridgehead atoms. The zero-order valence-corrected chi connectivity index (χ0v) is 32.8. The maximum atomic E-state index is 13.5. The summed E-state index contributed by atoms with van der Waals surface area (Å²) in [6, 6.07) is 9.15. The van der Waals surface area contributed by atoms with Gasteiger partial charge < -0.3 is 35.5 Å². The highest BCUT2D eigenvalue weighted by Gasteiger charge is 2.55. The number of carbonyl (C=O) groups excluding carboxylic acids is 2. The van der Waals surface area contributed by atoms with E-state index in [1.165, 1.54) is 30.4 Å². The number of phosphoric acid groups is 1. The van der Waals surface area contributed by atoms with Crippen LogP contribution in [0.2, 0.25) is 0 Å². The molecule has 2 fully saturated rings. The van der Waals surface area contributed by atoms with Crippen LogP contribution in [0.4, 0.5) is 5.69 Å². The van der Waals surface area contributed by atoms with E-state index in [1.54, 1.807) is 0 Å². The zero-order valence-electron chi connectivity index (χ0n) is 32.0. The van der Waals surface area contributed by atoms with E-state index in [0.717, 1.165) is 64.2 Å². The van der Waals surface area contributed by atoms with Gasteiger partial charge in [0, 0.05) is 19.5 Å². The molecule has 5 atom stereocenters. The number of ether oxygens (including phenoxy) is 2. The quantitative estimate of drug-likeness (QED) is 0.0455. The van der Waals surface area contributed by atoms with E-state index in [0.29, 0.717) is 62.8 Å². The first-order valence-electron chi connectivity index (χ1n) is 19.6. The van der Waals surface area contributed by atoms with E-state index in [9.17, 15) is 19.3 Å². The van der Waals surface area contributed by atoms with Crippen LogP contribution >= 0.6 is 7.82 Å². The summed E-state index contributed by atoms with van der Waals surface area (Å²) >= 11 is 0. The molecule has 2 aromatic carbocycles. The number of aromatic hydroxyl groups is 1.